The highest BCUT2D eigenvalue weighted by Gasteiger charge is 2.24. The van der Waals surface area contributed by atoms with Crippen LogP contribution in [-0.2, 0) is 6.54 Å². The third-order valence-corrected chi connectivity index (χ3v) is 3.62. The number of halogens is 1. The van der Waals surface area contributed by atoms with Crippen molar-refractivity contribution in [3.63, 3.8) is 0 Å². The number of aromatic amines is 1. The second-order valence-corrected chi connectivity index (χ2v) is 5.22. The summed E-state index contributed by atoms with van der Waals surface area (Å²) < 4.78 is 1.26. The summed E-state index contributed by atoms with van der Waals surface area (Å²) in [5.74, 6) is 0.448. The van der Waals surface area contributed by atoms with Crippen LogP contribution in [0.25, 0.3) is 11.1 Å². The molecule has 1 fully saturated rings. The normalized spacial score (nSPS) is 14.6. The van der Waals surface area contributed by atoms with Gasteiger partial charge in [-0.3, -0.25) is 14.3 Å². The molecule has 0 bridgehead atoms. The number of nitrogens with one attached hydrogen (secondary N) is 1. The molecule has 5 heteroatoms. The molecule has 0 radical (unpaired) electrons. The summed E-state index contributed by atoms with van der Waals surface area (Å²) in [4.78, 5) is 26.8. The summed E-state index contributed by atoms with van der Waals surface area (Å²) in [7, 11) is 0. The van der Waals surface area contributed by atoms with Crippen molar-refractivity contribution < 1.29 is 0 Å². The van der Waals surface area contributed by atoms with Crippen LogP contribution in [0.1, 0.15) is 12.8 Å². The molecule has 1 aliphatic carbocycles. The van der Waals surface area contributed by atoms with E-state index < -0.39 is 5.69 Å². The highest BCUT2D eigenvalue weighted by atomic mass is 35.5. The molecule has 1 heterocycles. The minimum atomic E-state index is -0.429. The molecule has 0 aliphatic heterocycles. The van der Waals surface area contributed by atoms with Gasteiger partial charge in [0.25, 0.3) is 5.56 Å². The quantitative estimate of drug-likeness (QED) is 0.875. The molecule has 1 aliphatic rings. The number of hydrogen-bond acceptors (Lipinski definition) is 2. The Balaban J connectivity index is 2.19. The third-order valence-electron chi connectivity index (χ3n) is 3.34. The van der Waals surface area contributed by atoms with E-state index in [-0.39, 0.29) is 10.7 Å². The highest BCUT2D eigenvalue weighted by Crippen LogP contribution is 2.30. The maximum atomic E-state index is 12.4. The zero-order chi connectivity index (χ0) is 13.4. The molecule has 3 rings (SSSR count). The fraction of sp³-hybridized carbons (Fsp3) is 0.286. The Morgan fingerprint density at radius 2 is 1.89 bits per heavy atom. The topological polar surface area (TPSA) is 54.9 Å². The summed E-state index contributed by atoms with van der Waals surface area (Å²) in [5, 5.41) is 0.105. The van der Waals surface area contributed by atoms with E-state index in [0.717, 1.165) is 18.4 Å². The highest BCUT2D eigenvalue weighted by molar-refractivity contribution is 6.32. The summed E-state index contributed by atoms with van der Waals surface area (Å²) >= 11 is 6.02. The second-order valence-electron chi connectivity index (χ2n) is 4.84. The van der Waals surface area contributed by atoms with Crippen LogP contribution in [0.2, 0.25) is 5.15 Å². The van der Waals surface area contributed by atoms with Crippen LogP contribution in [0, 0.1) is 5.92 Å². The first kappa shape index (κ1) is 12.2. The average Bonchev–Trinajstić information content (AvgIpc) is 3.19. The molecule has 0 saturated heterocycles. The Labute approximate surface area is 114 Å². The Bertz CT molecular complexity index is 714. The van der Waals surface area contributed by atoms with Gasteiger partial charge < -0.3 is 0 Å². The van der Waals surface area contributed by atoms with Crippen molar-refractivity contribution in [2.24, 2.45) is 5.92 Å². The largest absolute Gasteiger partial charge is 0.329 e. The molecule has 2 aromatic rings. The fourth-order valence-electron chi connectivity index (χ4n) is 2.12. The molecule has 98 valence electrons. The van der Waals surface area contributed by atoms with Gasteiger partial charge in [-0.2, -0.15) is 0 Å². The van der Waals surface area contributed by atoms with E-state index in [1.54, 1.807) is 0 Å². The van der Waals surface area contributed by atoms with E-state index in [1.807, 2.05) is 30.3 Å². The van der Waals surface area contributed by atoms with E-state index in [4.69, 9.17) is 11.6 Å². The molecule has 4 nitrogen and oxygen atoms in total. The Morgan fingerprint density at radius 3 is 2.53 bits per heavy atom. The Kier molecular flexibility index (Phi) is 3.03. The van der Waals surface area contributed by atoms with Crippen LogP contribution in [-0.4, -0.2) is 9.55 Å². The van der Waals surface area contributed by atoms with Crippen molar-refractivity contribution in [3.8, 4) is 11.1 Å². The Hall–Kier alpha value is -1.81. The van der Waals surface area contributed by atoms with Gasteiger partial charge in [0.05, 0.1) is 5.56 Å². The molecule has 0 amide bonds. The first-order chi connectivity index (χ1) is 9.16. The zero-order valence-electron chi connectivity index (χ0n) is 10.2. The number of aromatic nitrogens is 2. The van der Waals surface area contributed by atoms with Crippen molar-refractivity contribution in [2.75, 3.05) is 0 Å². The van der Waals surface area contributed by atoms with E-state index in [2.05, 4.69) is 4.98 Å². The van der Waals surface area contributed by atoms with Gasteiger partial charge in [-0.05, 0) is 24.3 Å². The van der Waals surface area contributed by atoms with E-state index in [0.29, 0.717) is 18.0 Å². The molecule has 1 saturated carbocycles. The molecular weight excluding hydrogens is 264 g/mol. The average molecular weight is 277 g/mol. The smallest absolute Gasteiger partial charge is 0.297 e. The van der Waals surface area contributed by atoms with E-state index in [9.17, 15) is 9.59 Å². The number of nitrogens with zero attached hydrogens (tertiary/aromatic N) is 1. The van der Waals surface area contributed by atoms with Gasteiger partial charge in [-0.15, -0.1) is 0 Å². The number of benzene rings is 1. The maximum absolute atomic E-state index is 12.4. The van der Waals surface area contributed by atoms with Gasteiger partial charge in [0.15, 0.2) is 0 Å². The minimum absolute atomic E-state index is 0.105. The summed E-state index contributed by atoms with van der Waals surface area (Å²) in [6.07, 6.45) is 2.16. The van der Waals surface area contributed by atoms with Gasteiger partial charge in [-0.1, -0.05) is 41.9 Å². The fourth-order valence-corrected chi connectivity index (χ4v) is 2.40. The first-order valence-electron chi connectivity index (χ1n) is 6.25. The van der Waals surface area contributed by atoms with Crippen LogP contribution in [0.3, 0.4) is 0 Å². The monoisotopic (exact) mass is 276 g/mol. The molecule has 19 heavy (non-hydrogen) atoms. The van der Waals surface area contributed by atoms with Crippen LogP contribution >= 0.6 is 11.6 Å². The van der Waals surface area contributed by atoms with Crippen molar-refractivity contribution >= 4 is 11.6 Å². The lowest BCUT2D eigenvalue weighted by molar-refractivity contribution is 0.576. The maximum Gasteiger partial charge on any atom is 0.329 e. The molecule has 0 unspecified atom stereocenters. The molecule has 1 aromatic carbocycles. The van der Waals surface area contributed by atoms with Crippen molar-refractivity contribution in [3.05, 3.63) is 56.3 Å². The SMILES string of the molecule is O=c1[nH]c(Cl)c(-c2ccccc2)c(=O)n1CC1CC1. The van der Waals surface area contributed by atoms with Gasteiger partial charge in [0.1, 0.15) is 5.15 Å². The Morgan fingerprint density at radius 1 is 1.21 bits per heavy atom. The number of H-pyrrole nitrogens is 1. The van der Waals surface area contributed by atoms with Crippen LogP contribution in [0.15, 0.2) is 39.9 Å². The molecule has 0 atom stereocenters. The lowest BCUT2D eigenvalue weighted by Crippen LogP contribution is -2.36. The van der Waals surface area contributed by atoms with Crippen molar-refractivity contribution in [1.29, 1.82) is 0 Å². The number of rotatable bonds is 3. The predicted molar refractivity (Wildman–Crippen MR) is 74.5 cm³/mol. The third kappa shape index (κ3) is 2.36. The van der Waals surface area contributed by atoms with Gasteiger partial charge >= 0.3 is 5.69 Å². The van der Waals surface area contributed by atoms with Gasteiger partial charge in [0.2, 0.25) is 0 Å². The van der Waals surface area contributed by atoms with Crippen molar-refractivity contribution in [2.45, 2.75) is 19.4 Å². The standard InChI is InChI=1S/C14H13ClN2O2/c15-12-11(10-4-2-1-3-5-10)13(18)17(14(19)16-12)8-9-6-7-9/h1-5,9H,6-8H2,(H,16,19). The van der Waals surface area contributed by atoms with Crippen LogP contribution in [0.5, 0.6) is 0 Å². The molecular formula is C14H13ClN2O2. The predicted octanol–water partition coefficient (Wildman–Crippen LogP) is 2.27. The van der Waals surface area contributed by atoms with Crippen LogP contribution < -0.4 is 11.2 Å². The molecule has 1 aromatic heterocycles. The lowest BCUT2D eigenvalue weighted by atomic mass is 10.1. The lowest BCUT2D eigenvalue weighted by Gasteiger charge is -2.08. The summed E-state index contributed by atoms with van der Waals surface area (Å²) in [5.41, 5.74) is 0.342. The van der Waals surface area contributed by atoms with Crippen molar-refractivity contribution in [1.82, 2.24) is 9.55 Å². The second kappa shape index (κ2) is 4.70. The van der Waals surface area contributed by atoms with Gasteiger partial charge in [-0.25, -0.2) is 4.79 Å². The first-order valence-corrected chi connectivity index (χ1v) is 6.62. The van der Waals surface area contributed by atoms with E-state index >= 15 is 0 Å². The zero-order valence-corrected chi connectivity index (χ0v) is 11.0. The van der Waals surface area contributed by atoms with Crippen LogP contribution in [0.4, 0.5) is 0 Å². The van der Waals surface area contributed by atoms with Gasteiger partial charge in [0, 0.05) is 6.54 Å². The molecule has 1 N–H and O–H groups in total. The summed E-state index contributed by atoms with van der Waals surface area (Å²) in [6, 6.07) is 9.15. The number of hydrogen-bond donors (Lipinski definition) is 1. The molecule has 0 spiro atoms. The summed E-state index contributed by atoms with van der Waals surface area (Å²) in [6.45, 7) is 0.477. The van der Waals surface area contributed by atoms with E-state index in [1.165, 1.54) is 4.57 Å². The minimum Gasteiger partial charge on any atom is -0.297 e.